The molecule has 0 aromatic heterocycles. The van der Waals surface area contributed by atoms with Gasteiger partial charge in [-0.25, -0.2) is 4.79 Å². The van der Waals surface area contributed by atoms with Crippen molar-refractivity contribution in [1.82, 2.24) is 0 Å². The normalized spacial score (nSPS) is 11.7. The quantitative estimate of drug-likeness (QED) is 0.486. The molecular weight excluding hydrogens is 248 g/mol. The molecule has 1 aromatic carbocycles. The fraction of sp³-hybridized carbons (Fsp3) is 0.462. The second-order valence-corrected chi connectivity index (χ2v) is 4.08. The Morgan fingerprint density at radius 2 is 2.16 bits per heavy atom. The molecule has 1 rings (SSSR count). The SMILES string of the molecule is CCc1ccc(NC(CC)C(=O)OC)cc1[N+](=O)[O-]. The molecule has 0 saturated heterocycles. The number of nitrogens with zero attached hydrogens (tertiary/aromatic N) is 1. The van der Waals surface area contributed by atoms with E-state index in [-0.39, 0.29) is 11.7 Å². The van der Waals surface area contributed by atoms with Crippen LogP contribution in [-0.2, 0) is 16.0 Å². The Kier molecular flexibility index (Phi) is 5.29. The summed E-state index contributed by atoms with van der Waals surface area (Å²) >= 11 is 0. The van der Waals surface area contributed by atoms with Crippen LogP contribution in [0.4, 0.5) is 11.4 Å². The van der Waals surface area contributed by atoms with E-state index in [1.54, 1.807) is 12.1 Å². The minimum Gasteiger partial charge on any atom is -0.467 e. The van der Waals surface area contributed by atoms with E-state index in [2.05, 4.69) is 10.1 Å². The number of nitro groups is 1. The van der Waals surface area contributed by atoms with E-state index in [1.807, 2.05) is 13.8 Å². The standard InChI is InChI=1S/C13H18N2O4/c1-4-9-6-7-10(8-12(9)15(17)18)14-11(5-2)13(16)19-3/h6-8,11,14H,4-5H2,1-3H3. The number of methoxy groups -OCH3 is 1. The zero-order valence-corrected chi connectivity index (χ0v) is 11.3. The second-order valence-electron chi connectivity index (χ2n) is 4.08. The van der Waals surface area contributed by atoms with Gasteiger partial charge in [0, 0.05) is 17.3 Å². The summed E-state index contributed by atoms with van der Waals surface area (Å²) in [6.07, 6.45) is 1.13. The van der Waals surface area contributed by atoms with E-state index in [0.29, 0.717) is 24.1 Å². The Bertz CT molecular complexity index is 474. The molecule has 0 bridgehead atoms. The lowest BCUT2D eigenvalue weighted by Crippen LogP contribution is -2.29. The van der Waals surface area contributed by atoms with Crippen LogP contribution < -0.4 is 5.32 Å². The van der Waals surface area contributed by atoms with Crippen molar-refractivity contribution in [3.8, 4) is 0 Å². The van der Waals surface area contributed by atoms with Gasteiger partial charge >= 0.3 is 5.97 Å². The summed E-state index contributed by atoms with van der Waals surface area (Å²) in [5.74, 6) is -0.385. The fourth-order valence-corrected chi connectivity index (χ4v) is 1.79. The molecule has 6 heteroatoms. The third-order valence-corrected chi connectivity index (χ3v) is 2.90. The number of carbonyl (C=O) groups excluding carboxylic acids is 1. The Hall–Kier alpha value is -2.11. The number of anilines is 1. The molecule has 0 saturated carbocycles. The Morgan fingerprint density at radius 3 is 2.63 bits per heavy atom. The molecule has 1 N–H and O–H groups in total. The number of nitrogens with one attached hydrogen (secondary N) is 1. The molecule has 0 fully saturated rings. The van der Waals surface area contributed by atoms with Crippen LogP contribution in [-0.4, -0.2) is 24.0 Å². The number of aryl methyl sites for hydroxylation is 1. The second kappa shape index (κ2) is 6.72. The molecule has 104 valence electrons. The summed E-state index contributed by atoms with van der Waals surface area (Å²) in [7, 11) is 1.31. The monoisotopic (exact) mass is 266 g/mol. The highest BCUT2D eigenvalue weighted by molar-refractivity contribution is 5.79. The van der Waals surface area contributed by atoms with E-state index < -0.39 is 11.0 Å². The first-order valence-electron chi connectivity index (χ1n) is 6.15. The van der Waals surface area contributed by atoms with Crippen LogP contribution in [0, 0.1) is 10.1 Å². The average molecular weight is 266 g/mol. The highest BCUT2D eigenvalue weighted by Crippen LogP contribution is 2.24. The van der Waals surface area contributed by atoms with Gasteiger partial charge in [0.05, 0.1) is 12.0 Å². The molecule has 0 spiro atoms. The lowest BCUT2D eigenvalue weighted by atomic mass is 10.1. The predicted octanol–water partition coefficient (Wildman–Crippen LogP) is 2.52. The van der Waals surface area contributed by atoms with Gasteiger partial charge in [0.15, 0.2) is 0 Å². The third kappa shape index (κ3) is 3.67. The molecule has 0 aliphatic heterocycles. The molecule has 0 amide bonds. The van der Waals surface area contributed by atoms with Crippen LogP contribution in [0.3, 0.4) is 0 Å². The van der Waals surface area contributed by atoms with Gasteiger partial charge in [-0.05, 0) is 18.9 Å². The van der Waals surface area contributed by atoms with Crippen molar-refractivity contribution in [3.63, 3.8) is 0 Å². The van der Waals surface area contributed by atoms with Crippen LogP contribution in [0.15, 0.2) is 18.2 Å². The van der Waals surface area contributed by atoms with Crippen molar-refractivity contribution in [2.45, 2.75) is 32.7 Å². The van der Waals surface area contributed by atoms with Crippen molar-refractivity contribution < 1.29 is 14.5 Å². The first-order valence-corrected chi connectivity index (χ1v) is 6.15. The van der Waals surface area contributed by atoms with Crippen LogP contribution >= 0.6 is 0 Å². The number of hydrogen-bond donors (Lipinski definition) is 1. The number of nitro benzene ring substituents is 1. The van der Waals surface area contributed by atoms with Gasteiger partial charge in [-0.1, -0.05) is 19.9 Å². The lowest BCUT2D eigenvalue weighted by Gasteiger charge is -2.16. The maximum absolute atomic E-state index is 11.5. The topological polar surface area (TPSA) is 81.5 Å². The smallest absolute Gasteiger partial charge is 0.328 e. The molecule has 0 radical (unpaired) electrons. The van der Waals surface area contributed by atoms with Crippen molar-refractivity contribution in [3.05, 3.63) is 33.9 Å². The summed E-state index contributed by atoms with van der Waals surface area (Å²) in [5.41, 5.74) is 1.27. The first-order chi connectivity index (χ1) is 9.03. The number of esters is 1. The number of rotatable bonds is 6. The average Bonchev–Trinajstić information content (AvgIpc) is 2.43. The highest BCUT2D eigenvalue weighted by atomic mass is 16.6. The van der Waals surface area contributed by atoms with E-state index in [0.717, 1.165) is 0 Å². The molecule has 6 nitrogen and oxygen atoms in total. The van der Waals surface area contributed by atoms with Crippen molar-refractivity contribution in [1.29, 1.82) is 0 Å². The van der Waals surface area contributed by atoms with E-state index >= 15 is 0 Å². The summed E-state index contributed by atoms with van der Waals surface area (Å²) < 4.78 is 4.66. The zero-order valence-electron chi connectivity index (χ0n) is 11.3. The van der Waals surface area contributed by atoms with Crippen LogP contribution in [0.1, 0.15) is 25.8 Å². The minimum atomic E-state index is -0.503. The number of ether oxygens (including phenoxy) is 1. The number of benzene rings is 1. The summed E-state index contributed by atoms with van der Waals surface area (Å²) in [5, 5.41) is 13.9. The Balaban J connectivity index is 2.99. The predicted molar refractivity (Wildman–Crippen MR) is 72.2 cm³/mol. The first kappa shape index (κ1) is 14.9. The number of carbonyl (C=O) groups is 1. The van der Waals surface area contributed by atoms with Gasteiger partial charge in [0.25, 0.3) is 5.69 Å². The van der Waals surface area contributed by atoms with Crippen LogP contribution in [0.2, 0.25) is 0 Å². The van der Waals surface area contributed by atoms with Crippen LogP contribution in [0.25, 0.3) is 0 Å². The van der Waals surface area contributed by atoms with Crippen molar-refractivity contribution in [2.75, 3.05) is 12.4 Å². The minimum absolute atomic E-state index is 0.0622. The van der Waals surface area contributed by atoms with Gasteiger partial charge in [-0.15, -0.1) is 0 Å². The third-order valence-electron chi connectivity index (χ3n) is 2.90. The summed E-state index contributed by atoms with van der Waals surface area (Å²) in [6, 6.07) is 4.38. The van der Waals surface area contributed by atoms with Crippen LogP contribution in [0.5, 0.6) is 0 Å². The molecule has 1 aromatic rings. The molecule has 0 aliphatic rings. The molecule has 0 heterocycles. The van der Waals surface area contributed by atoms with Gasteiger partial charge in [0.2, 0.25) is 0 Å². The lowest BCUT2D eigenvalue weighted by molar-refractivity contribution is -0.385. The molecular formula is C13H18N2O4. The van der Waals surface area contributed by atoms with Gasteiger partial charge < -0.3 is 10.1 Å². The maximum atomic E-state index is 11.5. The maximum Gasteiger partial charge on any atom is 0.328 e. The summed E-state index contributed by atoms with van der Waals surface area (Å²) in [6.45, 7) is 3.70. The van der Waals surface area contributed by atoms with Crippen molar-refractivity contribution >= 4 is 17.3 Å². The fourth-order valence-electron chi connectivity index (χ4n) is 1.79. The Morgan fingerprint density at radius 1 is 1.47 bits per heavy atom. The van der Waals surface area contributed by atoms with Gasteiger partial charge in [-0.3, -0.25) is 10.1 Å². The highest BCUT2D eigenvalue weighted by Gasteiger charge is 2.19. The summed E-state index contributed by atoms with van der Waals surface area (Å²) in [4.78, 5) is 22.0. The van der Waals surface area contributed by atoms with E-state index in [1.165, 1.54) is 13.2 Å². The molecule has 19 heavy (non-hydrogen) atoms. The number of hydrogen-bond acceptors (Lipinski definition) is 5. The largest absolute Gasteiger partial charge is 0.467 e. The van der Waals surface area contributed by atoms with Gasteiger partial charge in [0.1, 0.15) is 6.04 Å². The Labute approximate surface area is 111 Å². The van der Waals surface area contributed by atoms with Crippen molar-refractivity contribution in [2.24, 2.45) is 0 Å². The van der Waals surface area contributed by atoms with E-state index in [9.17, 15) is 14.9 Å². The zero-order chi connectivity index (χ0) is 14.4. The molecule has 1 unspecified atom stereocenters. The van der Waals surface area contributed by atoms with Gasteiger partial charge in [-0.2, -0.15) is 0 Å². The molecule has 0 aliphatic carbocycles. The molecule has 1 atom stereocenters. The van der Waals surface area contributed by atoms with E-state index in [4.69, 9.17) is 0 Å².